The minimum absolute atomic E-state index is 0.0809. The Kier molecular flexibility index (Phi) is 3.31. The molecule has 3 aromatic rings. The van der Waals surface area contributed by atoms with Gasteiger partial charge in [0, 0.05) is 24.4 Å². The first-order chi connectivity index (χ1) is 11.0. The van der Waals surface area contributed by atoms with Gasteiger partial charge in [-0.2, -0.15) is 0 Å². The van der Waals surface area contributed by atoms with Gasteiger partial charge in [-0.3, -0.25) is 4.90 Å². The predicted octanol–water partition coefficient (Wildman–Crippen LogP) is 3.37. The summed E-state index contributed by atoms with van der Waals surface area (Å²) in [5.74, 6) is -1.23. The Morgan fingerprint density at radius 3 is 2.96 bits per heavy atom. The largest absolute Gasteiger partial charge is 0.461 e. The number of thiophene rings is 1. The van der Waals surface area contributed by atoms with Gasteiger partial charge in [-0.25, -0.2) is 18.7 Å². The molecule has 0 saturated carbocycles. The van der Waals surface area contributed by atoms with Crippen molar-refractivity contribution in [3.8, 4) is 11.6 Å². The lowest BCUT2D eigenvalue weighted by atomic mass is 10.3. The van der Waals surface area contributed by atoms with E-state index >= 15 is 0 Å². The number of nitrogen functional groups attached to an aromatic ring is 1. The molecule has 0 spiro atoms. The van der Waals surface area contributed by atoms with E-state index in [-0.39, 0.29) is 13.0 Å². The molecule has 0 atom stereocenters. The van der Waals surface area contributed by atoms with E-state index in [1.807, 2.05) is 6.07 Å². The minimum Gasteiger partial charge on any atom is -0.461 e. The smallest absolute Gasteiger partial charge is 0.261 e. The van der Waals surface area contributed by atoms with Crippen molar-refractivity contribution in [2.75, 3.05) is 18.8 Å². The Bertz CT molecular complexity index is 847. The molecule has 0 amide bonds. The van der Waals surface area contributed by atoms with Crippen molar-refractivity contribution in [1.29, 1.82) is 0 Å². The first-order valence-corrected chi connectivity index (χ1v) is 8.02. The monoisotopic (exact) mass is 336 g/mol. The highest BCUT2D eigenvalue weighted by molar-refractivity contribution is 7.18. The Labute approximate surface area is 134 Å². The van der Waals surface area contributed by atoms with Crippen LogP contribution >= 0.6 is 11.3 Å². The second kappa shape index (κ2) is 5.24. The molecule has 0 unspecified atom stereocenters. The number of halogens is 2. The molecule has 0 bridgehead atoms. The lowest BCUT2D eigenvalue weighted by Gasteiger charge is -2.13. The Morgan fingerprint density at radius 2 is 2.26 bits per heavy atom. The number of fused-ring (bicyclic) bond motifs is 1. The van der Waals surface area contributed by atoms with E-state index in [4.69, 9.17) is 10.2 Å². The van der Waals surface area contributed by atoms with Crippen LogP contribution in [0.3, 0.4) is 0 Å². The van der Waals surface area contributed by atoms with E-state index in [2.05, 4.69) is 9.97 Å². The van der Waals surface area contributed by atoms with E-state index in [1.165, 1.54) is 11.3 Å². The van der Waals surface area contributed by atoms with Crippen molar-refractivity contribution in [3.05, 3.63) is 29.3 Å². The molecule has 1 aliphatic heterocycles. The third kappa shape index (κ3) is 2.79. The Hall–Kier alpha value is -2.06. The quantitative estimate of drug-likeness (QED) is 0.794. The van der Waals surface area contributed by atoms with Gasteiger partial charge >= 0.3 is 0 Å². The fourth-order valence-electron chi connectivity index (χ4n) is 2.75. The van der Waals surface area contributed by atoms with Gasteiger partial charge in [0.2, 0.25) is 0 Å². The number of hydrogen-bond acceptors (Lipinski definition) is 6. The van der Waals surface area contributed by atoms with Crippen LogP contribution < -0.4 is 5.73 Å². The van der Waals surface area contributed by atoms with Gasteiger partial charge in [0.05, 0.1) is 18.2 Å². The number of furan rings is 1. The molecule has 120 valence electrons. The van der Waals surface area contributed by atoms with Crippen molar-refractivity contribution in [1.82, 2.24) is 14.9 Å². The van der Waals surface area contributed by atoms with E-state index in [0.29, 0.717) is 30.5 Å². The molecular weight excluding hydrogens is 322 g/mol. The first kappa shape index (κ1) is 14.5. The van der Waals surface area contributed by atoms with Crippen LogP contribution in [0.25, 0.3) is 21.8 Å². The van der Waals surface area contributed by atoms with Crippen LogP contribution in [0, 0.1) is 0 Å². The summed E-state index contributed by atoms with van der Waals surface area (Å²) >= 11 is 1.45. The summed E-state index contributed by atoms with van der Waals surface area (Å²) in [5, 5.41) is 0.756. The van der Waals surface area contributed by atoms with Gasteiger partial charge in [0.25, 0.3) is 5.92 Å². The molecule has 4 heterocycles. The maximum atomic E-state index is 13.3. The van der Waals surface area contributed by atoms with Gasteiger partial charge in [0.1, 0.15) is 10.6 Å². The zero-order chi connectivity index (χ0) is 16.0. The molecule has 5 nitrogen and oxygen atoms in total. The number of hydrogen-bond donors (Lipinski definition) is 1. The standard InChI is InChI=1S/C15H14F2N4OS/c16-15(17)3-4-21(8-15)7-9-6-10-12(18)19-13(20-14(10)23-9)11-2-1-5-22-11/h1-2,5-6H,3-4,7-8H2,(H2,18,19,20). The highest BCUT2D eigenvalue weighted by Gasteiger charge is 2.38. The van der Waals surface area contributed by atoms with Crippen LogP contribution in [0.4, 0.5) is 14.6 Å². The molecule has 4 rings (SSSR count). The lowest BCUT2D eigenvalue weighted by Crippen LogP contribution is -2.24. The average molecular weight is 336 g/mol. The number of likely N-dealkylation sites (tertiary alicyclic amines) is 1. The molecule has 3 aromatic heterocycles. The average Bonchev–Trinajstić information content (AvgIpc) is 3.18. The highest BCUT2D eigenvalue weighted by Crippen LogP contribution is 2.33. The summed E-state index contributed by atoms with van der Waals surface area (Å²) in [5.41, 5.74) is 6.01. The molecule has 1 fully saturated rings. The van der Waals surface area contributed by atoms with Crippen LogP contribution in [0.15, 0.2) is 28.9 Å². The zero-order valence-electron chi connectivity index (χ0n) is 12.1. The summed E-state index contributed by atoms with van der Waals surface area (Å²) in [6, 6.07) is 5.41. The summed E-state index contributed by atoms with van der Waals surface area (Å²) in [7, 11) is 0. The van der Waals surface area contributed by atoms with Gasteiger partial charge in [-0.15, -0.1) is 11.3 Å². The van der Waals surface area contributed by atoms with Crippen LogP contribution in [-0.4, -0.2) is 33.9 Å². The first-order valence-electron chi connectivity index (χ1n) is 7.20. The molecule has 1 aliphatic rings. The van der Waals surface area contributed by atoms with Crippen LogP contribution in [-0.2, 0) is 6.54 Å². The molecule has 8 heteroatoms. The maximum absolute atomic E-state index is 13.3. The molecular formula is C15H14F2N4OS. The minimum atomic E-state index is -2.58. The van der Waals surface area contributed by atoms with Crippen molar-refractivity contribution in [2.24, 2.45) is 0 Å². The zero-order valence-corrected chi connectivity index (χ0v) is 12.9. The van der Waals surface area contributed by atoms with Crippen molar-refractivity contribution >= 4 is 27.4 Å². The van der Waals surface area contributed by atoms with Crippen LogP contribution in [0.2, 0.25) is 0 Å². The Morgan fingerprint density at radius 1 is 1.39 bits per heavy atom. The van der Waals surface area contributed by atoms with Crippen LogP contribution in [0.1, 0.15) is 11.3 Å². The molecule has 2 N–H and O–H groups in total. The lowest BCUT2D eigenvalue weighted by molar-refractivity contribution is 0.0116. The SMILES string of the molecule is Nc1nc(-c2ccco2)nc2sc(CN3CCC(F)(F)C3)cc12. The van der Waals surface area contributed by atoms with Gasteiger partial charge < -0.3 is 10.2 Å². The molecule has 0 aliphatic carbocycles. The Balaban J connectivity index is 1.64. The molecule has 1 saturated heterocycles. The summed E-state index contributed by atoms with van der Waals surface area (Å²) in [6.07, 6.45) is 1.47. The number of alkyl halides is 2. The summed E-state index contributed by atoms with van der Waals surface area (Å²) in [4.78, 5) is 12.2. The van der Waals surface area contributed by atoms with Gasteiger partial charge in [-0.1, -0.05) is 0 Å². The molecule has 0 aromatic carbocycles. The van der Waals surface area contributed by atoms with Crippen molar-refractivity contribution in [2.45, 2.75) is 18.9 Å². The number of aromatic nitrogens is 2. The second-order valence-corrected chi connectivity index (χ2v) is 6.77. The summed E-state index contributed by atoms with van der Waals surface area (Å²) in [6.45, 7) is 0.687. The van der Waals surface area contributed by atoms with E-state index in [0.717, 1.165) is 15.1 Å². The van der Waals surface area contributed by atoms with Gasteiger partial charge in [0.15, 0.2) is 11.6 Å². The predicted molar refractivity (Wildman–Crippen MR) is 84.4 cm³/mol. The van der Waals surface area contributed by atoms with Crippen LogP contribution in [0.5, 0.6) is 0 Å². The third-order valence-electron chi connectivity index (χ3n) is 3.84. The van der Waals surface area contributed by atoms with E-state index < -0.39 is 5.92 Å². The topological polar surface area (TPSA) is 68.2 Å². The van der Waals surface area contributed by atoms with Gasteiger partial charge in [-0.05, 0) is 18.2 Å². The summed E-state index contributed by atoms with van der Waals surface area (Å²) < 4.78 is 31.9. The number of nitrogens with zero attached hydrogens (tertiary/aromatic N) is 3. The molecule has 23 heavy (non-hydrogen) atoms. The fraction of sp³-hybridized carbons (Fsp3) is 0.333. The number of nitrogens with two attached hydrogens (primary N) is 1. The number of anilines is 1. The fourth-order valence-corrected chi connectivity index (χ4v) is 3.83. The number of rotatable bonds is 3. The van der Waals surface area contributed by atoms with Crippen molar-refractivity contribution in [3.63, 3.8) is 0 Å². The van der Waals surface area contributed by atoms with E-state index in [1.54, 1.807) is 23.3 Å². The maximum Gasteiger partial charge on any atom is 0.261 e. The molecule has 0 radical (unpaired) electrons. The third-order valence-corrected chi connectivity index (χ3v) is 4.86. The van der Waals surface area contributed by atoms with Crippen molar-refractivity contribution < 1.29 is 13.2 Å². The van der Waals surface area contributed by atoms with E-state index in [9.17, 15) is 8.78 Å². The normalized spacial score (nSPS) is 18.0. The highest BCUT2D eigenvalue weighted by atomic mass is 32.1. The second-order valence-electron chi connectivity index (χ2n) is 5.66.